The third-order valence-electron chi connectivity index (χ3n) is 2.43. The fraction of sp³-hybridized carbons (Fsp3) is 0.385. The lowest BCUT2D eigenvalue weighted by Crippen LogP contribution is -2.42. The van der Waals surface area contributed by atoms with Crippen LogP contribution in [0.2, 0.25) is 0 Å². The normalized spacial score (nSPS) is 12.5. The number of nitrogens with one attached hydrogen (secondary N) is 1. The number of carbonyl (C=O) groups excluding carboxylic acids is 1. The summed E-state index contributed by atoms with van der Waals surface area (Å²) >= 11 is 0. The molecule has 0 aromatic heterocycles. The van der Waals surface area contributed by atoms with Gasteiger partial charge >= 0.3 is 5.97 Å². The number of rotatable bonds is 6. The van der Waals surface area contributed by atoms with Gasteiger partial charge in [-0.1, -0.05) is 13.8 Å². The van der Waals surface area contributed by atoms with Gasteiger partial charge in [-0.25, -0.2) is 8.78 Å². The molecule has 1 unspecified atom stereocenters. The lowest BCUT2D eigenvalue weighted by atomic mass is 10.0. The largest absolute Gasteiger partial charge is 0.481 e. The van der Waals surface area contributed by atoms with Crippen LogP contribution >= 0.6 is 0 Å². The molecule has 1 aromatic rings. The smallest absolute Gasteiger partial charge is 0.305 e. The fourth-order valence-electron chi connectivity index (χ4n) is 1.65. The molecule has 104 valence electrons. The van der Waals surface area contributed by atoms with E-state index in [1.807, 2.05) is 0 Å². The Morgan fingerprint density at radius 3 is 2.37 bits per heavy atom. The lowest BCUT2D eigenvalue weighted by Gasteiger charge is -2.18. The molecular weight excluding hydrogens is 256 g/mol. The summed E-state index contributed by atoms with van der Waals surface area (Å²) in [5, 5.41) is 11.6. The number of halogens is 2. The minimum absolute atomic E-state index is 0.0571. The first kappa shape index (κ1) is 15.2. The molecule has 19 heavy (non-hydrogen) atoms. The average molecular weight is 271 g/mol. The summed E-state index contributed by atoms with van der Waals surface area (Å²) < 4.78 is 25.9. The van der Waals surface area contributed by atoms with E-state index in [-0.39, 0.29) is 11.6 Å². The Bertz CT molecular complexity index is 489. The predicted octanol–water partition coefficient (Wildman–Crippen LogP) is 1.99. The van der Waals surface area contributed by atoms with Gasteiger partial charge in [0.05, 0.1) is 12.5 Å². The van der Waals surface area contributed by atoms with Crippen LogP contribution in [0, 0.1) is 11.6 Å². The quantitative estimate of drug-likeness (QED) is 0.776. The van der Waals surface area contributed by atoms with Crippen LogP contribution in [-0.4, -0.2) is 28.9 Å². The first-order valence-electron chi connectivity index (χ1n) is 5.78. The number of carbonyl (C=O) groups is 2. The van der Waals surface area contributed by atoms with Crippen molar-refractivity contribution in [3.63, 3.8) is 0 Å². The van der Waals surface area contributed by atoms with Crippen LogP contribution in [-0.2, 0) is 4.79 Å². The standard InChI is InChI=1S/C13H15F2NO3/c1-7(2)16-11(6-12(17)18)13(19)8-3-4-9(14)10(15)5-8/h3-5,7,11,16H,6H2,1-2H3,(H,17,18). The molecule has 1 aromatic carbocycles. The first-order chi connectivity index (χ1) is 8.81. The van der Waals surface area contributed by atoms with Crippen molar-refractivity contribution in [1.29, 1.82) is 0 Å². The summed E-state index contributed by atoms with van der Waals surface area (Å²) in [6.45, 7) is 3.51. The Kier molecular flexibility index (Phi) is 5.11. The maximum Gasteiger partial charge on any atom is 0.305 e. The van der Waals surface area contributed by atoms with E-state index < -0.39 is 35.8 Å². The summed E-state index contributed by atoms with van der Waals surface area (Å²) in [6.07, 6.45) is -0.421. The van der Waals surface area contributed by atoms with E-state index in [0.29, 0.717) is 0 Å². The number of hydrogen-bond donors (Lipinski definition) is 2. The molecule has 0 aliphatic heterocycles. The van der Waals surface area contributed by atoms with Gasteiger partial charge in [0.1, 0.15) is 0 Å². The van der Waals surface area contributed by atoms with E-state index in [0.717, 1.165) is 18.2 Å². The van der Waals surface area contributed by atoms with Gasteiger partial charge in [0, 0.05) is 11.6 Å². The molecule has 0 fully saturated rings. The molecule has 0 amide bonds. The summed E-state index contributed by atoms with van der Waals surface area (Å²) in [6, 6.07) is 1.67. The number of benzene rings is 1. The molecule has 1 atom stereocenters. The Labute approximate surface area is 109 Å². The summed E-state index contributed by atoms with van der Waals surface area (Å²) in [5.74, 6) is -3.91. The molecule has 0 saturated heterocycles. The molecule has 0 aliphatic rings. The molecule has 2 N–H and O–H groups in total. The number of Topliss-reactive ketones (excluding diaryl/α,β-unsaturated/α-hetero) is 1. The Hall–Kier alpha value is -1.82. The average Bonchev–Trinajstić information content (AvgIpc) is 2.29. The minimum Gasteiger partial charge on any atom is -0.481 e. The second-order valence-corrected chi connectivity index (χ2v) is 4.46. The van der Waals surface area contributed by atoms with Crippen LogP contribution in [0.25, 0.3) is 0 Å². The number of aliphatic carboxylic acids is 1. The molecule has 0 bridgehead atoms. The van der Waals surface area contributed by atoms with Crippen LogP contribution < -0.4 is 5.32 Å². The van der Waals surface area contributed by atoms with E-state index in [2.05, 4.69) is 5.32 Å². The number of carboxylic acid groups (broad SMARTS) is 1. The Morgan fingerprint density at radius 2 is 1.89 bits per heavy atom. The van der Waals surface area contributed by atoms with Crippen molar-refractivity contribution in [2.75, 3.05) is 0 Å². The van der Waals surface area contributed by atoms with Crippen molar-refractivity contribution in [3.8, 4) is 0 Å². The van der Waals surface area contributed by atoms with E-state index in [1.165, 1.54) is 0 Å². The van der Waals surface area contributed by atoms with Crippen molar-refractivity contribution in [3.05, 3.63) is 35.4 Å². The van der Waals surface area contributed by atoms with Gasteiger partial charge in [-0.2, -0.15) is 0 Å². The highest BCUT2D eigenvalue weighted by Gasteiger charge is 2.24. The van der Waals surface area contributed by atoms with E-state index in [1.54, 1.807) is 13.8 Å². The summed E-state index contributed by atoms with van der Waals surface area (Å²) in [7, 11) is 0. The maximum atomic E-state index is 13.1. The third-order valence-corrected chi connectivity index (χ3v) is 2.43. The third kappa shape index (κ3) is 4.40. The van der Waals surface area contributed by atoms with Gasteiger partial charge in [0.25, 0.3) is 0 Å². The lowest BCUT2D eigenvalue weighted by molar-refractivity contribution is -0.137. The highest BCUT2D eigenvalue weighted by molar-refractivity contribution is 6.01. The number of hydrogen-bond acceptors (Lipinski definition) is 3. The highest BCUT2D eigenvalue weighted by atomic mass is 19.2. The topological polar surface area (TPSA) is 66.4 Å². The molecule has 1 rings (SSSR count). The van der Waals surface area contributed by atoms with Crippen LogP contribution in [0.1, 0.15) is 30.6 Å². The van der Waals surface area contributed by atoms with Gasteiger partial charge in [0.2, 0.25) is 0 Å². The van der Waals surface area contributed by atoms with Gasteiger partial charge in [-0.3, -0.25) is 9.59 Å². The van der Waals surface area contributed by atoms with Crippen molar-refractivity contribution >= 4 is 11.8 Å². The van der Waals surface area contributed by atoms with Crippen LogP contribution in [0.5, 0.6) is 0 Å². The van der Waals surface area contributed by atoms with E-state index in [9.17, 15) is 18.4 Å². The zero-order chi connectivity index (χ0) is 14.6. The van der Waals surface area contributed by atoms with Crippen LogP contribution in [0.3, 0.4) is 0 Å². The van der Waals surface area contributed by atoms with Crippen LogP contribution in [0.15, 0.2) is 18.2 Å². The van der Waals surface area contributed by atoms with Gasteiger partial charge in [0.15, 0.2) is 17.4 Å². The molecule has 6 heteroatoms. The maximum absolute atomic E-state index is 13.1. The molecule has 0 radical (unpaired) electrons. The summed E-state index contributed by atoms with van der Waals surface area (Å²) in [4.78, 5) is 22.8. The Balaban J connectivity index is 2.97. The second kappa shape index (κ2) is 6.38. The Morgan fingerprint density at radius 1 is 1.26 bits per heavy atom. The SMILES string of the molecule is CC(C)NC(CC(=O)O)C(=O)c1ccc(F)c(F)c1. The minimum atomic E-state index is -1.14. The number of carboxylic acids is 1. The van der Waals surface area contributed by atoms with Gasteiger partial charge in [-0.05, 0) is 18.2 Å². The summed E-state index contributed by atoms with van der Waals surface area (Å²) in [5.41, 5.74) is -0.0571. The zero-order valence-corrected chi connectivity index (χ0v) is 10.6. The predicted molar refractivity (Wildman–Crippen MR) is 65.0 cm³/mol. The fourth-order valence-corrected chi connectivity index (χ4v) is 1.65. The first-order valence-corrected chi connectivity index (χ1v) is 5.78. The van der Waals surface area contributed by atoms with Gasteiger partial charge in [-0.15, -0.1) is 0 Å². The molecule has 0 aliphatic carbocycles. The highest BCUT2D eigenvalue weighted by Crippen LogP contribution is 2.12. The zero-order valence-electron chi connectivity index (χ0n) is 10.6. The van der Waals surface area contributed by atoms with Crippen LogP contribution in [0.4, 0.5) is 8.78 Å². The van der Waals surface area contributed by atoms with Crippen molar-refractivity contribution in [1.82, 2.24) is 5.32 Å². The van der Waals surface area contributed by atoms with Crippen molar-refractivity contribution < 1.29 is 23.5 Å². The molecule has 0 saturated carbocycles. The molecular formula is C13H15F2NO3. The molecule has 0 heterocycles. The van der Waals surface area contributed by atoms with Crippen molar-refractivity contribution in [2.45, 2.75) is 32.4 Å². The van der Waals surface area contributed by atoms with E-state index >= 15 is 0 Å². The van der Waals surface area contributed by atoms with E-state index in [4.69, 9.17) is 5.11 Å². The molecule has 0 spiro atoms. The monoisotopic (exact) mass is 271 g/mol. The molecule has 4 nitrogen and oxygen atoms in total. The second-order valence-electron chi connectivity index (χ2n) is 4.46. The van der Waals surface area contributed by atoms with Gasteiger partial charge < -0.3 is 10.4 Å². The number of ketones is 1. The van der Waals surface area contributed by atoms with Crippen molar-refractivity contribution in [2.24, 2.45) is 0 Å².